The predicted molar refractivity (Wildman–Crippen MR) is 147 cm³/mol. The average molecular weight is 512 g/mol. The van der Waals surface area contributed by atoms with E-state index in [1.54, 1.807) is 12.1 Å². The second-order valence-corrected chi connectivity index (χ2v) is 9.93. The lowest BCUT2D eigenvalue weighted by atomic mass is 10.0. The summed E-state index contributed by atoms with van der Waals surface area (Å²) in [7, 11) is 1.96. The molecule has 196 valence electrons. The third kappa shape index (κ3) is 5.03. The van der Waals surface area contributed by atoms with Crippen LogP contribution in [0.1, 0.15) is 16.8 Å². The number of morpholine rings is 1. The van der Waals surface area contributed by atoms with Crippen LogP contribution in [-0.2, 0) is 11.2 Å². The number of ether oxygens (including phenoxy) is 2. The molecule has 9 heteroatoms. The molecular weight excluding hydrogens is 478 g/mol. The van der Waals surface area contributed by atoms with Gasteiger partial charge in [-0.2, -0.15) is 15.2 Å². The fourth-order valence-corrected chi connectivity index (χ4v) is 5.59. The van der Waals surface area contributed by atoms with Gasteiger partial charge in [0.1, 0.15) is 11.6 Å². The first-order valence-corrected chi connectivity index (χ1v) is 13.4. The van der Waals surface area contributed by atoms with Crippen LogP contribution in [-0.4, -0.2) is 92.4 Å². The highest BCUT2D eigenvalue weighted by Crippen LogP contribution is 2.45. The van der Waals surface area contributed by atoms with Crippen LogP contribution in [0.2, 0.25) is 0 Å². The minimum Gasteiger partial charge on any atom is -0.424 e. The highest BCUT2D eigenvalue weighted by molar-refractivity contribution is 5.88. The molecule has 3 aliphatic rings. The van der Waals surface area contributed by atoms with Gasteiger partial charge >= 0.3 is 6.01 Å². The summed E-state index contributed by atoms with van der Waals surface area (Å²) in [6.45, 7) is 9.69. The van der Waals surface area contributed by atoms with Gasteiger partial charge in [-0.25, -0.2) is 0 Å². The molecule has 0 radical (unpaired) electrons. The summed E-state index contributed by atoms with van der Waals surface area (Å²) < 4.78 is 11.6. The van der Waals surface area contributed by atoms with Crippen LogP contribution in [0.15, 0.2) is 42.5 Å². The Hall–Kier alpha value is -3.71. The van der Waals surface area contributed by atoms with Crippen LogP contribution < -0.4 is 15.0 Å². The van der Waals surface area contributed by atoms with E-state index in [1.165, 1.54) is 11.1 Å². The molecule has 0 spiro atoms. The first kappa shape index (κ1) is 24.6. The SMILES string of the molecule is CNc1cccc2c1Cc1nc(Oc3cccc(C#N)c3)nc(N3CCN(CCN4CCOCC4)CC3)c1-2. The number of hydrogen-bond acceptors (Lipinski definition) is 9. The molecule has 2 aliphatic heterocycles. The van der Waals surface area contributed by atoms with Crippen molar-refractivity contribution in [1.29, 1.82) is 5.26 Å². The Balaban J connectivity index is 1.26. The van der Waals surface area contributed by atoms with Crippen molar-refractivity contribution in [1.82, 2.24) is 19.8 Å². The van der Waals surface area contributed by atoms with Gasteiger partial charge in [0.2, 0.25) is 0 Å². The number of nitriles is 1. The van der Waals surface area contributed by atoms with E-state index < -0.39 is 0 Å². The molecular formula is C29H33N7O2. The number of nitrogens with one attached hydrogen (secondary N) is 1. The van der Waals surface area contributed by atoms with Gasteiger partial charge < -0.3 is 19.7 Å². The van der Waals surface area contributed by atoms with Gasteiger partial charge in [0, 0.05) is 77.1 Å². The minimum atomic E-state index is 0.322. The standard InChI is InChI=1S/C29H33N7O2/c1-31-25-7-3-6-23-24(25)19-26-27(23)28(33-29(32-26)38-22-5-2-4-21(18-22)20-30)36-12-10-34(11-13-36)8-9-35-14-16-37-17-15-35/h2-7,18,31H,8-17,19H2,1H3. The largest absolute Gasteiger partial charge is 0.424 e. The van der Waals surface area contributed by atoms with Gasteiger partial charge in [-0.15, -0.1) is 0 Å². The Morgan fingerprint density at radius 2 is 1.74 bits per heavy atom. The van der Waals surface area contributed by atoms with Crippen molar-refractivity contribution in [2.24, 2.45) is 0 Å². The zero-order valence-electron chi connectivity index (χ0n) is 21.8. The van der Waals surface area contributed by atoms with Crippen molar-refractivity contribution in [2.45, 2.75) is 6.42 Å². The number of anilines is 2. The zero-order chi connectivity index (χ0) is 25.9. The van der Waals surface area contributed by atoms with Crippen LogP contribution in [0.25, 0.3) is 11.1 Å². The van der Waals surface area contributed by atoms with E-state index in [-0.39, 0.29) is 0 Å². The van der Waals surface area contributed by atoms with Crippen molar-refractivity contribution in [3.05, 3.63) is 59.3 Å². The maximum absolute atomic E-state index is 9.29. The van der Waals surface area contributed by atoms with Crippen LogP contribution in [0, 0.1) is 11.3 Å². The lowest BCUT2D eigenvalue weighted by Gasteiger charge is -2.37. The summed E-state index contributed by atoms with van der Waals surface area (Å²) in [5, 5.41) is 12.6. The molecule has 2 fully saturated rings. The average Bonchev–Trinajstić information content (AvgIpc) is 3.35. The number of piperazine rings is 1. The highest BCUT2D eigenvalue weighted by atomic mass is 16.5. The molecule has 6 rings (SSSR count). The maximum Gasteiger partial charge on any atom is 0.324 e. The number of benzene rings is 2. The molecule has 0 atom stereocenters. The Morgan fingerprint density at radius 3 is 2.50 bits per heavy atom. The normalized spacial score (nSPS) is 17.5. The summed E-state index contributed by atoms with van der Waals surface area (Å²) in [5.41, 5.74) is 6.18. The van der Waals surface area contributed by atoms with Gasteiger partial charge in [0.15, 0.2) is 0 Å². The summed E-state index contributed by atoms with van der Waals surface area (Å²) in [6, 6.07) is 16.0. The van der Waals surface area contributed by atoms with Gasteiger partial charge in [-0.3, -0.25) is 9.80 Å². The quantitative estimate of drug-likeness (QED) is 0.402. The van der Waals surface area contributed by atoms with Crippen molar-refractivity contribution in [3.63, 3.8) is 0 Å². The molecule has 0 bridgehead atoms. The van der Waals surface area contributed by atoms with Crippen LogP contribution in [0.4, 0.5) is 11.5 Å². The molecule has 38 heavy (non-hydrogen) atoms. The summed E-state index contributed by atoms with van der Waals surface area (Å²) >= 11 is 0. The highest BCUT2D eigenvalue weighted by Gasteiger charge is 2.31. The van der Waals surface area contributed by atoms with Crippen LogP contribution in [0.3, 0.4) is 0 Å². The van der Waals surface area contributed by atoms with Crippen LogP contribution in [0.5, 0.6) is 11.8 Å². The fourth-order valence-electron chi connectivity index (χ4n) is 5.59. The van der Waals surface area contributed by atoms with Gasteiger partial charge in [-0.1, -0.05) is 18.2 Å². The molecule has 1 N–H and O–H groups in total. The second kappa shape index (κ2) is 11.0. The summed E-state index contributed by atoms with van der Waals surface area (Å²) in [4.78, 5) is 17.2. The minimum absolute atomic E-state index is 0.322. The lowest BCUT2D eigenvalue weighted by molar-refractivity contribution is 0.0331. The molecule has 3 aromatic rings. The third-order valence-electron chi connectivity index (χ3n) is 7.68. The second-order valence-electron chi connectivity index (χ2n) is 9.93. The van der Waals surface area contributed by atoms with Crippen molar-refractivity contribution < 1.29 is 9.47 Å². The Morgan fingerprint density at radius 1 is 0.974 bits per heavy atom. The van der Waals surface area contributed by atoms with E-state index in [0.717, 1.165) is 94.8 Å². The summed E-state index contributed by atoms with van der Waals surface area (Å²) in [5.74, 6) is 1.50. The molecule has 0 unspecified atom stereocenters. The molecule has 3 heterocycles. The van der Waals surface area contributed by atoms with Crippen molar-refractivity contribution >= 4 is 11.5 Å². The van der Waals surface area contributed by atoms with Gasteiger partial charge in [0.05, 0.1) is 30.5 Å². The topological polar surface area (TPSA) is 89.8 Å². The first-order chi connectivity index (χ1) is 18.7. The Labute approximate surface area is 223 Å². The predicted octanol–water partition coefficient (Wildman–Crippen LogP) is 3.21. The molecule has 1 aromatic heterocycles. The van der Waals surface area contributed by atoms with Crippen molar-refractivity contribution in [2.75, 3.05) is 82.8 Å². The Kier molecular flexibility index (Phi) is 7.10. The van der Waals surface area contributed by atoms with E-state index in [2.05, 4.69) is 44.3 Å². The molecule has 0 amide bonds. The third-order valence-corrected chi connectivity index (χ3v) is 7.68. The van der Waals surface area contributed by atoms with Crippen LogP contribution >= 0.6 is 0 Å². The maximum atomic E-state index is 9.29. The zero-order valence-corrected chi connectivity index (χ0v) is 21.8. The van der Waals surface area contributed by atoms with Gasteiger partial charge in [-0.05, 0) is 35.4 Å². The van der Waals surface area contributed by atoms with E-state index >= 15 is 0 Å². The number of aromatic nitrogens is 2. The van der Waals surface area contributed by atoms with E-state index in [9.17, 15) is 5.26 Å². The number of nitrogens with zero attached hydrogens (tertiary/aromatic N) is 6. The molecule has 2 saturated heterocycles. The van der Waals surface area contributed by atoms with E-state index in [1.807, 2.05) is 19.2 Å². The van der Waals surface area contributed by atoms with E-state index in [4.69, 9.17) is 19.4 Å². The molecule has 0 saturated carbocycles. The smallest absolute Gasteiger partial charge is 0.324 e. The number of rotatable bonds is 7. The monoisotopic (exact) mass is 511 g/mol. The number of hydrogen-bond donors (Lipinski definition) is 1. The fraction of sp³-hybridized carbons (Fsp3) is 0.414. The lowest BCUT2D eigenvalue weighted by Crippen LogP contribution is -2.49. The van der Waals surface area contributed by atoms with Gasteiger partial charge in [0.25, 0.3) is 0 Å². The molecule has 9 nitrogen and oxygen atoms in total. The number of fused-ring (bicyclic) bond motifs is 3. The molecule has 2 aromatic carbocycles. The van der Waals surface area contributed by atoms with E-state index in [0.29, 0.717) is 17.3 Å². The Bertz CT molecular complexity index is 1340. The first-order valence-electron chi connectivity index (χ1n) is 13.4. The molecule has 1 aliphatic carbocycles. The summed E-state index contributed by atoms with van der Waals surface area (Å²) in [6.07, 6.45) is 0.727. The van der Waals surface area contributed by atoms with Crippen molar-refractivity contribution in [3.8, 4) is 29.0 Å².